The summed E-state index contributed by atoms with van der Waals surface area (Å²) < 4.78 is 0. The first kappa shape index (κ1) is 10.9. The zero-order valence-electron chi connectivity index (χ0n) is 8.61. The lowest BCUT2D eigenvalue weighted by Crippen LogP contribution is -2.11. The highest BCUT2D eigenvalue weighted by Crippen LogP contribution is 2.23. The Morgan fingerprint density at radius 3 is 3.00 bits per heavy atom. The van der Waals surface area contributed by atoms with Crippen LogP contribution in [0.3, 0.4) is 0 Å². The molecule has 1 aromatic heterocycles. The Balaban J connectivity index is 2.46. The van der Waals surface area contributed by atoms with E-state index in [-0.39, 0.29) is 5.91 Å². The molecule has 0 fully saturated rings. The molecule has 0 aliphatic heterocycles. The van der Waals surface area contributed by atoms with Gasteiger partial charge in [0.2, 0.25) is 5.91 Å². The molecule has 1 aromatic carbocycles. The summed E-state index contributed by atoms with van der Waals surface area (Å²) in [6.07, 6.45) is 2.61. The van der Waals surface area contributed by atoms with Crippen molar-refractivity contribution in [2.45, 2.75) is 12.8 Å². The smallest absolute Gasteiger partial charge is 0.217 e. The van der Waals surface area contributed by atoms with Crippen molar-refractivity contribution in [3.63, 3.8) is 0 Å². The molecule has 0 aliphatic carbocycles. The number of aromatic nitrogens is 1. The minimum atomic E-state index is -0.316. The summed E-state index contributed by atoms with van der Waals surface area (Å²) >= 11 is 6.00. The third-order valence-corrected chi connectivity index (χ3v) is 2.61. The molecule has 16 heavy (non-hydrogen) atoms. The van der Waals surface area contributed by atoms with E-state index in [0.717, 1.165) is 16.5 Å². The highest BCUT2D eigenvalue weighted by molar-refractivity contribution is 6.31. The highest BCUT2D eigenvalue weighted by Gasteiger charge is 2.05. The van der Waals surface area contributed by atoms with Gasteiger partial charge in [0.1, 0.15) is 0 Å². The molecule has 82 valence electrons. The van der Waals surface area contributed by atoms with E-state index >= 15 is 0 Å². The Kier molecular flexibility index (Phi) is 3.06. The molecule has 0 saturated heterocycles. The van der Waals surface area contributed by atoms with E-state index in [0.29, 0.717) is 17.9 Å². The minimum absolute atomic E-state index is 0.312. The van der Waals surface area contributed by atoms with Gasteiger partial charge in [-0.05, 0) is 30.2 Å². The third-order valence-electron chi connectivity index (χ3n) is 2.39. The number of carbonyl (C=O) groups excluding carboxylic acids is 1. The third kappa shape index (κ3) is 2.31. The van der Waals surface area contributed by atoms with Crippen molar-refractivity contribution in [3.8, 4) is 0 Å². The van der Waals surface area contributed by atoms with Crippen molar-refractivity contribution in [1.29, 1.82) is 0 Å². The van der Waals surface area contributed by atoms with Crippen molar-refractivity contribution >= 4 is 28.4 Å². The zero-order valence-corrected chi connectivity index (χ0v) is 9.37. The molecule has 2 N–H and O–H groups in total. The quantitative estimate of drug-likeness (QED) is 0.886. The van der Waals surface area contributed by atoms with Crippen LogP contribution in [0.5, 0.6) is 0 Å². The minimum Gasteiger partial charge on any atom is -0.370 e. The van der Waals surface area contributed by atoms with Crippen LogP contribution in [0.2, 0.25) is 5.02 Å². The molecule has 0 bridgehead atoms. The molecular formula is C12H11ClN2O. The number of nitrogens with two attached hydrogens (primary N) is 1. The predicted molar refractivity (Wildman–Crippen MR) is 64.3 cm³/mol. The molecule has 2 rings (SSSR count). The van der Waals surface area contributed by atoms with Gasteiger partial charge in [-0.25, -0.2) is 0 Å². The topological polar surface area (TPSA) is 56.0 Å². The first-order valence-electron chi connectivity index (χ1n) is 4.98. The maximum Gasteiger partial charge on any atom is 0.217 e. The van der Waals surface area contributed by atoms with Crippen LogP contribution in [0.15, 0.2) is 30.5 Å². The largest absolute Gasteiger partial charge is 0.370 e. The van der Waals surface area contributed by atoms with Gasteiger partial charge < -0.3 is 5.73 Å². The molecule has 1 heterocycles. The lowest BCUT2D eigenvalue weighted by molar-refractivity contribution is -0.117. The van der Waals surface area contributed by atoms with E-state index in [2.05, 4.69) is 4.98 Å². The summed E-state index contributed by atoms with van der Waals surface area (Å²) in [7, 11) is 0. The van der Waals surface area contributed by atoms with E-state index in [4.69, 9.17) is 17.3 Å². The van der Waals surface area contributed by atoms with Gasteiger partial charge in [-0.1, -0.05) is 17.7 Å². The number of benzene rings is 1. The standard InChI is InChI=1S/C12H11ClN2O/c13-10-6-8-2-1-5-15-12(8)9(7-10)3-4-11(14)16/h1-2,5-7H,3-4H2,(H2,14,16). The number of halogens is 1. The number of amides is 1. The van der Waals surface area contributed by atoms with Crippen LogP contribution in [0.1, 0.15) is 12.0 Å². The van der Waals surface area contributed by atoms with Crippen LogP contribution >= 0.6 is 11.6 Å². The summed E-state index contributed by atoms with van der Waals surface area (Å²) in [6, 6.07) is 7.50. The van der Waals surface area contributed by atoms with Gasteiger partial charge in [0, 0.05) is 23.0 Å². The Morgan fingerprint density at radius 2 is 2.25 bits per heavy atom. The van der Waals surface area contributed by atoms with Crippen molar-refractivity contribution in [1.82, 2.24) is 4.98 Å². The molecule has 2 aromatic rings. The van der Waals surface area contributed by atoms with Gasteiger partial charge in [0.05, 0.1) is 5.52 Å². The number of nitrogens with zero attached hydrogens (tertiary/aromatic N) is 1. The van der Waals surface area contributed by atoms with Gasteiger partial charge >= 0.3 is 0 Å². The SMILES string of the molecule is NC(=O)CCc1cc(Cl)cc2cccnc12. The molecule has 0 aliphatic rings. The van der Waals surface area contributed by atoms with Crippen LogP contribution < -0.4 is 5.73 Å². The second-order valence-electron chi connectivity index (χ2n) is 3.61. The second-order valence-corrected chi connectivity index (χ2v) is 4.04. The number of primary amides is 1. The Hall–Kier alpha value is -1.61. The average Bonchev–Trinajstić information content (AvgIpc) is 2.25. The van der Waals surface area contributed by atoms with Crippen molar-refractivity contribution in [2.75, 3.05) is 0 Å². The van der Waals surface area contributed by atoms with E-state index in [1.54, 1.807) is 6.20 Å². The van der Waals surface area contributed by atoms with Crippen molar-refractivity contribution in [2.24, 2.45) is 5.73 Å². The maximum atomic E-state index is 10.8. The van der Waals surface area contributed by atoms with Gasteiger partial charge in [-0.3, -0.25) is 9.78 Å². The lowest BCUT2D eigenvalue weighted by atomic mass is 10.1. The fraction of sp³-hybridized carbons (Fsp3) is 0.167. The molecule has 1 amide bonds. The number of aryl methyl sites for hydroxylation is 1. The Bertz CT molecular complexity index is 540. The number of hydrogen-bond donors (Lipinski definition) is 1. The lowest BCUT2D eigenvalue weighted by Gasteiger charge is -2.05. The Labute approximate surface area is 98.2 Å². The molecule has 4 heteroatoms. The molecule has 0 radical (unpaired) electrons. The Morgan fingerprint density at radius 1 is 1.44 bits per heavy atom. The number of fused-ring (bicyclic) bond motifs is 1. The summed E-state index contributed by atoms with van der Waals surface area (Å²) in [5, 5.41) is 1.63. The van der Waals surface area contributed by atoms with Crippen LogP contribution in [0.25, 0.3) is 10.9 Å². The fourth-order valence-corrected chi connectivity index (χ4v) is 1.93. The van der Waals surface area contributed by atoms with Crippen LogP contribution in [-0.2, 0) is 11.2 Å². The average molecular weight is 235 g/mol. The van der Waals surface area contributed by atoms with Crippen LogP contribution in [0.4, 0.5) is 0 Å². The van der Waals surface area contributed by atoms with E-state index in [1.807, 2.05) is 24.3 Å². The molecule has 0 atom stereocenters. The first-order chi connectivity index (χ1) is 7.66. The van der Waals surface area contributed by atoms with E-state index in [9.17, 15) is 4.79 Å². The van der Waals surface area contributed by atoms with Crippen LogP contribution in [0, 0.1) is 0 Å². The molecule has 0 spiro atoms. The number of hydrogen-bond acceptors (Lipinski definition) is 2. The zero-order chi connectivity index (χ0) is 11.5. The summed E-state index contributed by atoms with van der Waals surface area (Å²) in [5.74, 6) is -0.316. The van der Waals surface area contributed by atoms with Crippen molar-refractivity contribution in [3.05, 3.63) is 41.0 Å². The highest BCUT2D eigenvalue weighted by atomic mass is 35.5. The number of carbonyl (C=O) groups is 1. The van der Waals surface area contributed by atoms with Gasteiger partial charge in [0.15, 0.2) is 0 Å². The molecule has 3 nitrogen and oxygen atoms in total. The summed E-state index contributed by atoms with van der Waals surface area (Å²) in [4.78, 5) is 15.1. The van der Waals surface area contributed by atoms with E-state index in [1.165, 1.54) is 0 Å². The van der Waals surface area contributed by atoms with Crippen LogP contribution in [-0.4, -0.2) is 10.9 Å². The van der Waals surface area contributed by atoms with Crippen molar-refractivity contribution < 1.29 is 4.79 Å². The monoisotopic (exact) mass is 234 g/mol. The predicted octanol–water partition coefficient (Wildman–Crippen LogP) is 2.31. The van der Waals surface area contributed by atoms with Gasteiger partial charge in [-0.2, -0.15) is 0 Å². The first-order valence-corrected chi connectivity index (χ1v) is 5.36. The summed E-state index contributed by atoms with van der Waals surface area (Å²) in [6.45, 7) is 0. The normalized spacial score (nSPS) is 10.6. The fourth-order valence-electron chi connectivity index (χ4n) is 1.68. The number of pyridine rings is 1. The molecule has 0 unspecified atom stereocenters. The van der Waals surface area contributed by atoms with Gasteiger partial charge in [-0.15, -0.1) is 0 Å². The molecule has 0 saturated carbocycles. The maximum absolute atomic E-state index is 10.8. The van der Waals surface area contributed by atoms with Gasteiger partial charge in [0.25, 0.3) is 0 Å². The summed E-state index contributed by atoms with van der Waals surface area (Å²) in [5.41, 5.74) is 6.97. The second kappa shape index (κ2) is 4.49. The molecular weight excluding hydrogens is 224 g/mol. The number of rotatable bonds is 3. The van der Waals surface area contributed by atoms with E-state index < -0.39 is 0 Å².